The topological polar surface area (TPSA) is 40.6 Å². The minimum atomic E-state index is -0.236. The molecule has 2 heterocycles. The molecule has 3 aliphatic rings. The van der Waals surface area contributed by atoms with Crippen LogP contribution >= 0.6 is 0 Å². The summed E-state index contributed by atoms with van der Waals surface area (Å²) >= 11 is 0. The van der Waals surface area contributed by atoms with Crippen LogP contribution in [0.4, 0.5) is 0 Å². The van der Waals surface area contributed by atoms with Gasteiger partial charge in [0.15, 0.2) is 0 Å². The monoisotopic (exact) mass is 444 g/mol. The van der Waals surface area contributed by atoms with Crippen molar-refractivity contribution < 1.29 is 9.59 Å². The Morgan fingerprint density at radius 3 is 2.06 bits per heavy atom. The van der Waals surface area contributed by atoms with Crippen molar-refractivity contribution in [1.29, 1.82) is 0 Å². The third-order valence-corrected chi connectivity index (χ3v) is 8.02. The lowest BCUT2D eigenvalue weighted by Gasteiger charge is -2.34. The van der Waals surface area contributed by atoms with Gasteiger partial charge in [0.2, 0.25) is 11.8 Å². The first-order chi connectivity index (χ1) is 16.1. The zero-order chi connectivity index (χ0) is 22.7. The van der Waals surface area contributed by atoms with Crippen LogP contribution in [0.5, 0.6) is 0 Å². The number of carbonyl (C=O) groups excluding carboxylic acids is 2. The standard InChI is InChI=1S/C29H36N2O2/c32-27(30-18-4-5-19-30)13-12-23-8-10-24(11-9-23)22-25-14-20-31(21-15-25)28(33)29(16-17-29)26-6-2-1-3-7-26/h1-3,6-11,25H,4-5,12-22H2. The molecule has 0 bridgehead atoms. The summed E-state index contributed by atoms with van der Waals surface area (Å²) in [4.78, 5) is 29.7. The summed E-state index contributed by atoms with van der Waals surface area (Å²) in [6.07, 6.45) is 9.00. The van der Waals surface area contributed by atoms with Crippen LogP contribution in [0.2, 0.25) is 0 Å². The molecule has 2 aromatic carbocycles. The Hall–Kier alpha value is -2.62. The highest BCUT2D eigenvalue weighted by Gasteiger charge is 2.53. The van der Waals surface area contributed by atoms with Gasteiger partial charge in [-0.25, -0.2) is 0 Å². The van der Waals surface area contributed by atoms with Gasteiger partial charge in [0.05, 0.1) is 5.41 Å². The van der Waals surface area contributed by atoms with Crippen LogP contribution in [-0.4, -0.2) is 47.8 Å². The van der Waals surface area contributed by atoms with Gasteiger partial charge >= 0.3 is 0 Å². The summed E-state index contributed by atoms with van der Waals surface area (Å²) in [7, 11) is 0. The molecular formula is C29H36N2O2. The first-order valence-electron chi connectivity index (χ1n) is 12.8. The predicted octanol–water partition coefficient (Wildman–Crippen LogP) is 4.75. The average Bonchev–Trinajstić information content (AvgIpc) is 3.49. The van der Waals surface area contributed by atoms with Gasteiger partial charge in [-0.05, 0) is 74.0 Å². The fraction of sp³-hybridized carbons (Fsp3) is 0.517. The minimum absolute atomic E-state index is 0.236. The van der Waals surface area contributed by atoms with Gasteiger partial charge in [-0.1, -0.05) is 54.6 Å². The van der Waals surface area contributed by atoms with Crippen molar-refractivity contribution in [2.24, 2.45) is 5.92 Å². The van der Waals surface area contributed by atoms with E-state index in [1.807, 2.05) is 23.1 Å². The van der Waals surface area contributed by atoms with Gasteiger partial charge in [-0.2, -0.15) is 0 Å². The molecule has 1 aliphatic carbocycles. The highest BCUT2D eigenvalue weighted by atomic mass is 16.2. The van der Waals surface area contributed by atoms with E-state index in [-0.39, 0.29) is 5.41 Å². The Morgan fingerprint density at radius 1 is 0.788 bits per heavy atom. The van der Waals surface area contributed by atoms with Crippen LogP contribution in [-0.2, 0) is 27.8 Å². The molecule has 1 saturated carbocycles. The molecule has 2 aliphatic heterocycles. The van der Waals surface area contributed by atoms with E-state index in [0.717, 1.165) is 77.5 Å². The summed E-state index contributed by atoms with van der Waals surface area (Å²) in [5.74, 6) is 1.29. The first-order valence-corrected chi connectivity index (χ1v) is 12.8. The zero-order valence-corrected chi connectivity index (χ0v) is 19.7. The van der Waals surface area contributed by atoms with Crippen molar-refractivity contribution in [3.63, 3.8) is 0 Å². The molecular weight excluding hydrogens is 408 g/mol. The number of rotatable bonds is 7. The molecule has 2 amide bonds. The van der Waals surface area contributed by atoms with Crippen molar-refractivity contribution >= 4 is 11.8 Å². The molecule has 2 saturated heterocycles. The van der Waals surface area contributed by atoms with Crippen LogP contribution < -0.4 is 0 Å². The van der Waals surface area contributed by atoms with E-state index in [2.05, 4.69) is 41.3 Å². The highest BCUT2D eigenvalue weighted by molar-refractivity contribution is 5.91. The minimum Gasteiger partial charge on any atom is -0.343 e. The number of hydrogen-bond acceptors (Lipinski definition) is 2. The van der Waals surface area contributed by atoms with Crippen molar-refractivity contribution in [2.45, 2.75) is 63.2 Å². The van der Waals surface area contributed by atoms with Gasteiger partial charge < -0.3 is 9.80 Å². The molecule has 4 heteroatoms. The lowest BCUT2D eigenvalue weighted by molar-refractivity contribution is -0.135. The molecule has 0 aromatic heterocycles. The Labute approximate surface area is 198 Å². The molecule has 0 radical (unpaired) electrons. The number of benzene rings is 2. The number of piperidine rings is 1. The van der Waals surface area contributed by atoms with Gasteiger partial charge in [0.1, 0.15) is 0 Å². The van der Waals surface area contributed by atoms with Crippen LogP contribution in [0.15, 0.2) is 54.6 Å². The van der Waals surface area contributed by atoms with E-state index in [0.29, 0.717) is 24.2 Å². The molecule has 5 rings (SSSR count). The molecule has 4 nitrogen and oxygen atoms in total. The lowest BCUT2D eigenvalue weighted by atomic mass is 9.88. The predicted molar refractivity (Wildman–Crippen MR) is 131 cm³/mol. The van der Waals surface area contributed by atoms with Crippen molar-refractivity contribution in [1.82, 2.24) is 9.80 Å². The molecule has 3 fully saturated rings. The quantitative estimate of drug-likeness (QED) is 0.618. The second kappa shape index (κ2) is 9.70. The van der Waals surface area contributed by atoms with E-state index in [9.17, 15) is 9.59 Å². The van der Waals surface area contributed by atoms with Crippen LogP contribution in [0, 0.1) is 5.92 Å². The molecule has 33 heavy (non-hydrogen) atoms. The van der Waals surface area contributed by atoms with E-state index in [1.165, 1.54) is 16.7 Å². The van der Waals surface area contributed by atoms with Crippen LogP contribution in [0.1, 0.15) is 61.6 Å². The summed E-state index contributed by atoms with van der Waals surface area (Å²) in [5.41, 5.74) is 3.58. The van der Waals surface area contributed by atoms with Crippen molar-refractivity contribution in [2.75, 3.05) is 26.2 Å². The molecule has 174 valence electrons. The van der Waals surface area contributed by atoms with E-state index in [4.69, 9.17) is 0 Å². The summed E-state index contributed by atoms with van der Waals surface area (Å²) < 4.78 is 0. The molecule has 0 spiro atoms. The molecule has 0 unspecified atom stereocenters. The SMILES string of the molecule is O=C(CCc1ccc(CC2CCN(C(=O)C3(c4ccccc4)CC3)CC2)cc1)N1CCCC1. The number of aryl methyl sites for hydroxylation is 1. The second-order valence-electron chi connectivity index (χ2n) is 10.3. The third kappa shape index (κ3) is 5.00. The summed E-state index contributed by atoms with van der Waals surface area (Å²) in [6.45, 7) is 3.65. The van der Waals surface area contributed by atoms with E-state index in [1.54, 1.807) is 0 Å². The molecule has 2 aromatic rings. The van der Waals surface area contributed by atoms with Crippen LogP contribution in [0.25, 0.3) is 0 Å². The number of amides is 2. The first kappa shape index (κ1) is 22.2. The van der Waals surface area contributed by atoms with Gasteiger partial charge in [0, 0.05) is 32.6 Å². The number of carbonyl (C=O) groups is 2. The Bertz CT molecular complexity index is 951. The molecule has 0 atom stereocenters. The third-order valence-electron chi connectivity index (χ3n) is 8.02. The normalized spacial score (nSPS) is 20.1. The highest BCUT2D eigenvalue weighted by Crippen LogP contribution is 2.50. The van der Waals surface area contributed by atoms with Crippen molar-refractivity contribution in [3.05, 3.63) is 71.3 Å². The second-order valence-corrected chi connectivity index (χ2v) is 10.3. The van der Waals surface area contributed by atoms with E-state index < -0.39 is 0 Å². The Morgan fingerprint density at radius 2 is 1.42 bits per heavy atom. The fourth-order valence-electron chi connectivity index (χ4n) is 5.70. The van der Waals surface area contributed by atoms with Gasteiger partial charge in [-0.15, -0.1) is 0 Å². The van der Waals surface area contributed by atoms with Gasteiger partial charge in [-0.3, -0.25) is 9.59 Å². The maximum absolute atomic E-state index is 13.3. The maximum Gasteiger partial charge on any atom is 0.233 e. The number of nitrogens with zero attached hydrogens (tertiary/aromatic N) is 2. The summed E-state index contributed by atoms with van der Waals surface area (Å²) in [5, 5.41) is 0. The zero-order valence-electron chi connectivity index (χ0n) is 19.7. The summed E-state index contributed by atoms with van der Waals surface area (Å²) in [6, 6.07) is 19.2. The lowest BCUT2D eigenvalue weighted by Crippen LogP contribution is -2.44. The maximum atomic E-state index is 13.3. The Balaban J connectivity index is 1.08. The fourth-order valence-corrected chi connectivity index (χ4v) is 5.70. The van der Waals surface area contributed by atoms with Gasteiger partial charge in [0.25, 0.3) is 0 Å². The largest absolute Gasteiger partial charge is 0.343 e. The van der Waals surface area contributed by atoms with Crippen molar-refractivity contribution in [3.8, 4) is 0 Å². The average molecular weight is 445 g/mol. The van der Waals surface area contributed by atoms with E-state index >= 15 is 0 Å². The molecule has 0 N–H and O–H groups in total. The Kier molecular flexibility index (Phi) is 6.52. The smallest absolute Gasteiger partial charge is 0.233 e. The number of likely N-dealkylation sites (tertiary alicyclic amines) is 2. The van der Waals surface area contributed by atoms with Crippen LogP contribution in [0.3, 0.4) is 0 Å². The number of hydrogen-bond donors (Lipinski definition) is 0.